The molecule has 6 atom stereocenters. The van der Waals surface area contributed by atoms with Gasteiger partial charge in [0.25, 0.3) is 7.82 Å². The molecule has 1 fully saturated rings. The van der Waals surface area contributed by atoms with Gasteiger partial charge in [-0.2, -0.15) is 0 Å². The first-order valence-electron chi connectivity index (χ1n) is 7.93. The summed E-state index contributed by atoms with van der Waals surface area (Å²) in [4.78, 5) is 55.8. The van der Waals surface area contributed by atoms with Crippen LogP contribution < -0.4 is 49.0 Å². The maximum absolute atomic E-state index is 11.6. The smallest absolute Gasteiger partial charge is 0.799 e. The summed E-state index contributed by atoms with van der Waals surface area (Å²) >= 11 is 0. The van der Waals surface area contributed by atoms with Gasteiger partial charge in [-0.15, -0.1) is 0 Å². The molecule has 0 aromatic carbocycles. The zero-order valence-electron chi connectivity index (χ0n) is 15.9. The third-order valence-electron chi connectivity index (χ3n) is 3.85. The van der Waals surface area contributed by atoms with E-state index >= 15 is 0 Å². The Morgan fingerprint density at radius 2 is 1.81 bits per heavy atom. The van der Waals surface area contributed by atoms with Gasteiger partial charge in [0.05, 0.1) is 12.9 Å². The number of nitrogens with zero attached hydrogens (tertiary/aromatic N) is 4. The Morgan fingerprint density at radius 3 is 2.44 bits per heavy atom. The van der Waals surface area contributed by atoms with Crippen molar-refractivity contribution in [2.75, 3.05) is 12.3 Å². The average Bonchev–Trinajstić information content (AvgIpc) is 3.13. The Labute approximate surface area is 190 Å². The van der Waals surface area contributed by atoms with Gasteiger partial charge in [-0.05, 0) is 0 Å². The molecule has 0 aliphatic carbocycles. The zero-order valence-corrected chi connectivity index (χ0v) is 18.5. The van der Waals surface area contributed by atoms with Crippen molar-refractivity contribution in [3.05, 3.63) is 12.7 Å². The Balaban J connectivity index is 0.00000363. The number of phosphoric acid groups is 1. The fraction of sp³-hybridized carbons (Fsp3) is 0.500. The van der Waals surface area contributed by atoms with Crippen molar-refractivity contribution in [1.82, 2.24) is 24.4 Å². The van der Waals surface area contributed by atoms with Crippen LogP contribution in [0.15, 0.2) is 12.7 Å². The number of aromatic nitrogens is 4. The largest absolute Gasteiger partial charge is 1.00 e. The number of hydrogen-bond donors (Lipinski definition) is 4. The van der Waals surface area contributed by atoms with E-state index in [0.717, 1.165) is 6.33 Å². The second-order valence-electron chi connectivity index (χ2n) is 6.05. The maximum Gasteiger partial charge on any atom is 1.00 e. The number of rotatable bonds is 8. The second kappa shape index (κ2) is 9.85. The molecule has 32 heavy (non-hydrogen) atoms. The van der Waals surface area contributed by atoms with Crippen molar-refractivity contribution in [2.24, 2.45) is 0 Å². The topological polar surface area (TPSA) is 293 Å². The summed E-state index contributed by atoms with van der Waals surface area (Å²) < 4.78 is 47.6. The van der Waals surface area contributed by atoms with E-state index in [1.165, 1.54) is 10.9 Å². The molecule has 0 radical (unpaired) electrons. The molecule has 3 heterocycles. The van der Waals surface area contributed by atoms with Crippen molar-refractivity contribution < 1.29 is 75.9 Å². The number of hydrogen-bond acceptors (Lipinski definition) is 16. The number of anilines is 1. The molecule has 0 amide bonds. The molecule has 1 saturated heterocycles. The van der Waals surface area contributed by atoms with Crippen LogP contribution in [0.2, 0.25) is 0 Å². The summed E-state index contributed by atoms with van der Waals surface area (Å²) in [5.41, 5.74) is 5.94. The number of imidazole rings is 1. The fourth-order valence-electron chi connectivity index (χ4n) is 2.64. The fourth-order valence-corrected chi connectivity index (χ4v) is 5.89. The van der Waals surface area contributed by atoms with E-state index in [2.05, 4.69) is 23.8 Å². The van der Waals surface area contributed by atoms with Gasteiger partial charge in [-0.1, -0.05) is 0 Å². The van der Waals surface area contributed by atoms with Gasteiger partial charge in [-0.3, -0.25) is 18.0 Å². The summed E-state index contributed by atoms with van der Waals surface area (Å²) in [7, 11) is -17.5. The third kappa shape index (κ3) is 6.42. The number of nitrogens with one attached hydrogen (secondary N) is 1. The minimum atomic E-state index is -5.89. The van der Waals surface area contributed by atoms with Crippen LogP contribution in [0.3, 0.4) is 0 Å². The van der Waals surface area contributed by atoms with Gasteiger partial charge in [0.1, 0.15) is 30.2 Å². The molecule has 2 aromatic rings. The number of nitrogen functional groups attached to an aromatic ring is 1. The molecule has 3 rings (SSSR count). The van der Waals surface area contributed by atoms with Crippen molar-refractivity contribution in [2.45, 2.75) is 24.5 Å². The molecule has 0 bridgehead atoms. The van der Waals surface area contributed by atoms with Crippen molar-refractivity contribution >= 4 is 40.3 Å². The Morgan fingerprint density at radius 1 is 1.16 bits per heavy atom. The SMILES string of the molecule is Nc1ncnc2c1ncn2C1OC(COP(=O)([O-])OP(=O)([O-])NP(=O)([O-])[O-])C(O)C1O.[Li+]. The van der Waals surface area contributed by atoms with Crippen molar-refractivity contribution in [1.29, 1.82) is 0 Å². The van der Waals surface area contributed by atoms with E-state index in [9.17, 15) is 43.5 Å². The van der Waals surface area contributed by atoms with Crippen molar-refractivity contribution in [3.63, 3.8) is 0 Å². The standard InChI is InChI=1S/C10H17N6O12P3.Li/c11-8-5-9(13-2-12-8)16(3-14-5)10-7(18)6(17)4(27-10)1-26-31(24,25)28-30(22,23)15-29(19,20)21;/h2-4,6-7,10,17-18H,1H2,(H,24,25)(H2,11,12,13)(H4,15,19,20,21,22,23);/q;+1/p-4. The van der Waals surface area contributed by atoms with Crippen LogP contribution >= 0.6 is 23.3 Å². The number of aliphatic hydroxyl groups excluding tert-OH is 2. The summed E-state index contributed by atoms with van der Waals surface area (Å²) in [6.45, 7) is -1.05. The minimum Gasteiger partial charge on any atom is -0.799 e. The summed E-state index contributed by atoms with van der Waals surface area (Å²) in [6.07, 6.45) is -3.92. The second-order valence-corrected chi connectivity index (χ2v) is 10.6. The third-order valence-corrected chi connectivity index (χ3v) is 7.93. The van der Waals surface area contributed by atoms with E-state index < -0.39 is 54.5 Å². The molecule has 1 aliphatic rings. The quantitative estimate of drug-likeness (QED) is 0.190. The van der Waals surface area contributed by atoms with Crippen LogP contribution in [-0.4, -0.2) is 54.7 Å². The Hall–Kier alpha value is -0.763. The summed E-state index contributed by atoms with van der Waals surface area (Å²) in [5.74, 6) is 0.0254. The van der Waals surface area contributed by atoms with Crippen molar-refractivity contribution in [3.8, 4) is 0 Å². The molecular weight excluding hydrogens is 496 g/mol. The van der Waals surface area contributed by atoms with Gasteiger partial charge in [0.2, 0.25) is 7.75 Å². The van der Waals surface area contributed by atoms with Crippen LogP contribution in [0.4, 0.5) is 5.82 Å². The van der Waals surface area contributed by atoms with Crippen LogP contribution in [0.25, 0.3) is 11.2 Å². The first-order valence-corrected chi connectivity index (χ1v) is 12.5. The van der Waals surface area contributed by atoms with E-state index in [-0.39, 0.29) is 35.8 Å². The van der Waals surface area contributed by atoms with Crippen LogP contribution in [-0.2, 0) is 27.3 Å². The molecule has 22 heteroatoms. The monoisotopic (exact) mass is 509 g/mol. The predicted molar refractivity (Wildman–Crippen MR) is 88.7 cm³/mol. The van der Waals surface area contributed by atoms with E-state index in [0.29, 0.717) is 4.86 Å². The Kier molecular flexibility index (Phi) is 8.46. The molecule has 0 spiro atoms. The Bertz CT molecular complexity index is 1110. The van der Waals surface area contributed by atoms with E-state index in [1.54, 1.807) is 0 Å². The summed E-state index contributed by atoms with van der Waals surface area (Å²) in [5, 5.41) is 20.3. The first kappa shape index (κ1) is 27.5. The predicted octanol–water partition coefficient (Wildman–Crippen LogP) is -7.58. The number of fused-ring (bicyclic) bond motifs is 1. The molecule has 0 saturated carbocycles. The van der Waals surface area contributed by atoms with Crippen LogP contribution in [0, 0.1) is 0 Å². The van der Waals surface area contributed by atoms with Crippen LogP contribution in [0.5, 0.6) is 0 Å². The van der Waals surface area contributed by atoms with Gasteiger partial charge in [-0.25, -0.2) is 19.8 Å². The van der Waals surface area contributed by atoms with E-state index in [1.807, 2.05) is 0 Å². The first-order chi connectivity index (χ1) is 14.2. The van der Waals surface area contributed by atoms with Gasteiger partial charge < -0.3 is 49.3 Å². The van der Waals surface area contributed by atoms with Crippen LogP contribution in [0.1, 0.15) is 6.23 Å². The van der Waals surface area contributed by atoms with Gasteiger partial charge in [0, 0.05) is 7.75 Å². The number of nitrogens with two attached hydrogens (primary N) is 1. The van der Waals surface area contributed by atoms with Gasteiger partial charge >= 0.3 is 18.9 Å². The molecule has 174 valence electrons. The van der Waals surface area contributed by atoms with Gasteiger partial charge in [0.15, 0.2) is 17.7 Å². The molecule has 2 aromatic heterocycles. The minimum absolute atomic E-state index is 0. The zero-order chi connectivity index (χ0) is 23.2. The number of ether oxygens (including phenoxy) is 1. The molecule has 1 aliphatic heterocycles. The molecule has 6 unspecified atom stereocenters. The number of aliphatic hydroxyl groups is 2. The maximum atomic E-state index is 11.6. The number of phosphoric ester groups is 1. The normalized spacial score (nSPS) is 27.6. The average molecular weight is 509 g/mol. The molecule has 18 nitrogen and oxygen atoms in total. The summed E-state index contributed by atoms with van der Waals surface area (Å²) in [6, 6.07) is 0. The van der Waals surface area contributed by atoms with E-state index in [4.69, 9.17) is 10.5 Å². The molecule has 5 N–H and O–H groups in total. The molecular formula is C10H13LiN6O12P3-3.